The molecule has 1 N–H and O–H groups in total. The minimum absolute atomic E-state index is 0.119. The number of ether oxygens (including phenoxy) is 1. The molecule has 0 bridgehead atoms. The fourth-order valence-electron chi connectivity index (χ4n) is 2.36. The molecule has 0 aromatic carbocycles. The summed E-state index contributed by atoms with van der Waals surface area (Å²) >= 11 is 0. The Balaban J connectivity index is 2.24. The second kappa shape index (κ2) is 4.66. The highest BCUT2D eigenvalue weighted by Gasteiger charge is 2.34. The van der Waals surface area contributed by atoms with Gasteiger partial charge in [0.25, 0.3) is 0 Å². The van der Waals surface area contributed by atoms with E-state index < -0.39 is 0 Å². The number of pyridine rings is 1. The monoisotopic (exact) mass is 260 g/mol. The van der Waals surface area contributed by atoms with Crippen LogP contribution in [0.2, 0.25) is 0 Å². The summed E-state index contributed by atoms with van der Waals surface area (Å²) in [5.74, 6) is 0.00569. The Kier molecular flexibility index (Phi) is 2.98. The maximum atomic E-state index is 12.2. The average molecular weight is 260 g/mol. The molecule has 0 radical (unpaired) electrons. The van der Waals surface area contributed by atoms with Crippen LogP contribution in [0, 0.1) is 0 Å². The van der Waals surface area contributed by atoms with Crippen LogP contribution in [0.25, 0.3) is 5.52 Å². The van der Waals surface area contributed by atoms with E-state index in [2.05, 4.69) is 5.10 Å². The van der Waals surface area contributed by atoms with Gasteiger partial charge in [-0.25, -0.2) is 9.31 Å². The molecular formula is C14H16N2O3. The van der Waals surface area contributed by atoms with Gasteiger partial charge in [-0.15, -0.1) is 0 Å². The van der Waals surface area contributed by atoms with Crippen LogP contribution >= 0.6 is 0 Å². The average Bonchev–Trinajstić information content (AvgIpc) is 3.18. The van der Waals surface area contributed by atoms with Crippen LogP contribution in [-0.4, -0.2) is 27.3 Å². The third kappa shape index (κ3) is 2.00. The molecule has 1 fully saturated rings. The summed E-state index contributed by atoms with van der Waals surface area (Å²) in [5.41, 5.74) is 2.70. The first-order chi connectivity index (χ1) is 9.26. The van der Waals surface area contributed by atoms with E-state index in [1.165, 1.54) is 0 Å². The van der Waals surface area contributed by atoms with E-state index in [0.717, 1.165) is 18.5 Å². The fourth-order valence-corrected chi connectivity index (χ4v) is 2.36. The van der Waals surface area contributed by atoms with Crippen molar-refractivity contribution < 1.29 is 14.6 Å². The summed E-state index contributed by atoms with van der Waals surface area (Å²) in [6.45, 7) is 2.00. The number of fused-ring (bicyclic) bond motifs is 1. The summed E-state index contributed by atoms with van der Waals surface area (Å²) in [5, 5.41) is 13.9. The van der Waals surface area contributed by atoms with Crippen molar-refractivity contribution in [1.82, 2.24) is 9.61 Å². The number of hydrogen-bond acceptors (Lipinski definition) is 4. The molecule has 19 heavy (non-hydrogen) atoms. The van der Waals surface area contributed by atoms with Gasteiger partial charge in [-0.2, -0.15) is 5.10 Å². The first kappa shape index (κ1) is 12.2. The van der Waals surface area contributed by atoms with Crippen LogP contribution in [0.4, 0.5) is 0 Å². The van der Waals surface area contributed by atoms with E-state index >= 15 is 0 Å². The molecule has 2 aromatic rings. The molecular weight excluding hydrogens is 244 g/mol. The zero-order valence-corrected chi connectivity index (χ0v) is 10.8. The van der Waals surface area contributed by atoms with Gasteiger partial charge < -0.3 is 9.84 Å². The van der Waals surface area contributed by atoms with Crippen molar-refractivity contribution in [1.29, 1.82) is 0 Å². The molecule has 2 heterocycles. The van der Waals surface area contributed by atoms with Crippen LogP contribution in [0.5, 0.6) is 0 Å². The third-order valence-corrected chi connectivity index (χ3v) is 3.38. The molecule has 0 amide bonds. The lowest BCUT2D eigenvalue weighted by molar-refractivity contribution is 0.0527. The van der Waals surface area contributed by atoms with Crippen LogP contribution in [0.1, 0.15) is 47.3 Å². The van der Waals surface area contributed by atoms with Gasteiger partial charge >= 0.3 is 5.97 Å². The number of aromatic nitrogens is 2. The molecule has 3 rings (SSSR count). The van der Waals surface area contributed by atoms with E-state index in [1.54, 1.807) is 23.7 Å². The summed E-state index contributed by atoms with van der Waals surface area (Å²) in [6.07, 6.45) is 3.92. The van der Waals surface area contributed by atoms with Crippen molar-refractivity contribution >= 4 is 11.5 Å². The Morgan fingerprint density at radius 3 is 3.00 bits per heavy atom. The third-order valence-electron chi connectivity index (χ3n) is 3.38. The maximum absolute atomic E-state index is 12.2. The number of carbonyl (C=O) groups is 1. The summed E-state index contributed by atoms with van der Waals surface area (Å²) in [4.78, 5) is 12.2. The van der Waals surface area contributed by atoms with Crippen molar-refractivity contribution in [2.24, 2.45) is 0 Å². The Labute approximate surface area is 110 Å². The predicted octanol–water partition coefficient (Wildman–Crippen LogP) is 1.88. The van der Waals surface area contributed by atoms with Crippen LogP contribution in [0.15, 0.2) is 18.3 Å². The Bertz CT molecular complexity index is 629. The molecule has 0 aliphatic heterocycles. The van der Waals surface area contributed by atoms with Gasteiger partial charge in [0.2, 0.25) is 0 Å². The molecule has 1 aliphatic carbocycles. The summed E-state index contributed by atoms with van der Waals surface area (Å²) in [6, 6.07) is 3.62. The normalized spacial score (nSPS) is 14.8. The van der Waals surface area contributed by atoms with E-state index in [4.69, 9.17) is 4.74 Å². The van der Waals surface area contributed by atoms with Gasteiger partial charge in [0, 0.05) is 17.7 Å². The lowest BCUT2D eigenvalue weighted by Crippen LogP contribution is -2.07. The quantitative estimate of drug-likeness (QED) is 0.852. The van der Waals surface area contributed by atoms with E-state index in [1.807, 2.05) is 6.07 Å². The van der Waals surface area contributed by atoms with Gasteiger partial charge in [0.1, 0.15) is 5.56 Å². The van der Waals surface area contributed by atoms with Crippen LogP contribution in [0.3, 0.4) is 0 Å². The molecule has 5 heteroatoms. The minimum Gasteiger partial charge on any atom is -0.462 e. The smallest absolute Gasteiger partial charge is 0.342 e. The number of aliphatic hydroxyl groups excluding tert-OH is 1. The van der Waals surface area contributed by atoms with Gasteiger partial charge in [0.05, 0.1) is 24.4 Å². The second-order valence-electron chi connectivity index (χ2n) is 4.74. The van der Waals surface area contributed by atoms with Crippen molar-refractivity contribution in [2.75, 3.05) is 6.61 Å². The van der Waals surface area contributed by atoms with Gasteiger partial charge in [0.15, 0.2) is 0 Å². The molecule has 0 spiro atoms. The molecule has 1 aliphatic rings. The first-order valence-electron chi connectivity index (χ1n) is 6.54. The second-order valence-corrected chi connectivity index (χ2v) is 4.74. The highest BCUT2D eigenvalue weighted by atomic mass is 16.5. The van der Waals surface area contributed by atoms with Crippen molar-refractivity contribution in [3.63, 3.8) is 0 Å². The molecule has 0 saturated heterocycles. The fraction of sp³-hybridized carbons (Fsp3) is 0.429. The number of aliphatic hydroxyl groups is 1. The highest BCUT2D eigenvalue weighted by Crippen LogP contribution is 2.42. The topological polar surface area (TPSA) is 63.8 Å². The standard InChI is InChI=1S/C14H16N2O3/c1-2-19-14(18)11-12(9-5-6-9)15-16-7-3-4-10(8-17)13(11)16/h3-4,7,9,17H,2,5-6,8H2,1H3. The van der Waals surface area contributed by atoms with Gasteiger partial charge in [-0.1, -0.05) is 6.07 Å². The number of nitrogens with zero attached hydrogens (tertiary/aromatic N) is 2. The number of esters is 1. The Morgan fingerprint density at radius 2 is 2.37 bits per heavy atom. The molecule has 5 nitrogen and oxygen atoms in total. The molecule has 2 aromatic heterocycles. The highest BCUT2D eigenvalue weighted by molar-refractivity contribution is 5.99. The summed E-state index contributed by atoms with van der Waals surface area (Å²) in [7, 11) is 0. The minimum atomic E-state index is -0.347. The van der Waals surface area contributed by atoms with E-state index in [0.29, 0.717) is 29.2 Å². The largest absolute Gasteiger partial charge is 0.462 e. The number of hydrogen-bond donors (Lipinski definition) is 1. The molecule has 1 saturated carbocycles. The SMILES string of the molecule is CCOC(=O)c1c(C2CC2)nn2cccc(CO)c12. The van der Waals surface area contributed by atoms with E-state index in [-0.39, 0.29) is 12.6 Å². The zero-order chi connectivity index (χ0) is 13.4. The Morgan fingerprint density at radius 1 is 1.58 bits per heavy atom. The molecule has 0 unspecified atom stereocenters. The maximum Gasteiger partial charge on any atom is 0.342 e. The van der Waals surface area contributed by atoms with Crippen LogP contribution < -0.4 is 0 Å². The summed E-state index contributed by atoms with van der Waals surface area (Å²) < 4.78 is 6.81. The van der Waals surface area contributed by atoms with Crippen LogP contribution in [-0.2, 0) is 11.3 Å². The van der Waals surface area contributed by atoms with Crippen molar-refractivity contribution in [2.45, 2.75) is 32.3 Å². The lowest BCUT2D eigenvalue weighted by Gasteiger charge is -2.04. The molecule has 100 valence electrons. The predicted molar refractivity (Wildman–Crippen MR) is 69.0 cm³/mol. The van der Waals surface area contributed by atoms with Crippen molar-refractivity contribution in [3.8, 4) is 0 Å². The van der Waals surface area contributed by atoms with Crippen molar-refractivity contribution in [3.05, 3.63) is 35.2 Å². The number of rotatable bonds is 4. The lowest BCUT2D eigenvalue weighted by atomic mass is 10.1. The zero-order valence-electron chi connectivity index (χ0n) is 10.8. The molecule has 0 atom stereocenters. The van der Waals surface area contributed by atoms with Gasteiger partial charge in [-0.3, -0.25) is 0 Å². The Hall–Kier alpha value is -1.88. The van der Waals surface area contributed by atoms with E-state index in [9.17, 15) is 9.90 Å². The first-order valence-corrected chi connectivity index (χ1v) is 6.54. The number of carbonyl (C=O) groups excluding carboxylic acids is 1. The van der Waals surface area contributed by atoms with Gasteiger partial charge in [-0.05, 0) is 25.8 Å².